The van der Waals surface area contributed by atoms with Crippen molar-refractivity contribution in [2.24, 2.45) is 0 Å². The van der Waals surface area contributed by atoms with E-state index in [2.05, 4.69) is 10.4 Å². The van der Waals surface area contributed by atoms with Crippen LogP contribution in [0.4, 0.5) is 5.69 Å². The van der Waals surface area contributed by atoms with Crippen molar-refractivity contribution in [3.05, 3.63) is 53.5 Å². The molecule has 4 rings (SSSR count). The average molecular weight is 408 g/mol. The lowest BCUT2D eigenvalue weighted by atomic mass is 10.1. The van der Waals surface area contributed by atoms with E-state index in [-0.39, 0.29) is 5.91 Å². The maximum atomic E-state index is 13.2. The van der Waals surface area contributed by atoms with Gasteiger partial charge in [-0.25, -0.2) is 9.67 Å². The van der Waals surface area contributed by atoms with Crippen LogP contribution < -0.4 is 14.8 Å². The quantitative estimate of drug-likeness (QED) is 0.510. The molecule has 1 N–H and O–H groups in total. The van der Waals surface area contributed by atoms with Crippen LogP contribution in [0, 0.1) is 0 Å². The minimum Gasteiger partial charge on any atom is -0.493 e. The first-order valence-corrected chi connectivity index (χ1v) is 9.96. The normalized spacial score (nSPS) is 10.9. The molecule has 0 spiro atoms. The molecule has 0 aliphatic carbocycles. The number of carbonyl (C=O) groups is 1. The minimum absolute atomic E-state index is 0.238. The summed E-state index contributed by atoms with van der Waals surface area (Å²) in [6, 6.07) is 11.0. The summed E-state index contributed by atoms with van der Waals surface area (Å²) in [5.41, 5.74) is 2.57. The Hall–Kier alpha value is -3.39. The molecule has 7 nitrogen and oxygen atoms in total. The van der Waals surface area contributed by atoms with Crippen molar-refractivity contribution in [1.29, 1.82) is 0 Å². The molecule has 29 heavy (non-hydrogen) atoms. The van der Waals surface area contributed by atoms with Gasteiger partial charge in [0.25, 0.3) is 5.91 Å². The summed E-state index contributed by atoms with van der Waals surface area (Å²) in [4.78, 5) is 18.9. The van der Waals surface area contributed by atoms with Gasteiger partial charge in [-0.2, -0.15) is 5.10 Å². The number of aryl methyl sites for hydroxylation is 1. The Kier molecular flexibility index (Phi) is 5.18. The van der Waals surface area contributed by atoms with Crippen molar-refractivity contribution in [3.8, 4) is 22.1 Å². The minimum atomic E-state index is -0.238. The molecule has 0 saturated carbocycles. The standard InChI is InChI=1S/C21H20N4O3S/c1-4-25-20-15(12-22-25)14(11-16(24-20)19-6-5-9-29-19)21(26)23-13-7-8-17(27-2)18(10-13)28-3/h5-12H,4H2,1-3H3,(H,23,26). The van der Waals surface area contributed by atoms with Gasteiger partial charge in [0, 0.05) is 18.3 Å². The van der Waals surface area contributed by atoms with Crippen LogP contribution in [-0.2, 0) is 6.54 Å². The topological polar surface area (TPSA) is 78.3 Å². The fourth-order valence-corrected chi connectivity index (χ4v) is 3.82. The summed E-state index contributed by atoms with van der Waals surface area (Å²) < 4.78 is 12.4. The number of benzene rings is 1. The number of nitrogens with one attached hydrogen (secondary N) is 1. The number of pyridine rings is 1. The van der Waals surface area contributed by atoms with Crippen LogP contribution in [0.15, 0.2) is 48.0 Å². The molecule has 1 amide bonds. The average Bonchev–Trinajstić information content (AvgIpc) is 3.42. The van der Waals surface area contributed by atoms with Crippen LogP contribution in [0.3, 0.4) is 0 Å². The van der Waals surface area contributed by atoms with Gasteiger partial charge in [-0.1, -0.05) is 6.07 Å². The number of thiophene rings is 1. The van der Waals surface area contributed by atoms with E-state index in [9.17, 15) is 4.79 Å². The van der Waals surface area contributed by atoms with E-state index in [1.807, 2.05) is 30.5 Å². The van der Waals surface area contributed by atoms with E-state index in [0.29, 0.717) is 40.3 Å². The molecule has 0 aliphatic heterocycles. The van der Waals surface area contributed by atoms with E-state index < -0.39 is 0 Å². The Morgan fingerprint density at radius 2 is 2.00 bits per heavy atom. The first kappa shape index (κ1) is 18.9. The molecule has 0 aliphatic rings. The van der Waals surface area contributed by atoms with E-state index >= 15 is 0 Å². The Labute approximate surface area is 171 Å². The highest BCUT2D eigenvalue weighted by atomic mass is 32.1. The molecule has 148 valence electrons. The zero-order valence-electron chi connectivity index (χ0n) is 16.3. The van der Waals surface area contributed by atoms with Crippen LogP contribution in [0.25, 0.3) is 21.6 Å². The van der Waals surface area contributed by atoms with Crippen molar-refractivity contribution in [2.75, 3.05) is 19.5 Å². The lowest BCUT2D eigenvalue weighted by Crippen LogP contribution is -2.13. The van der Waals surface area contributed by atoms with Gasteiger partial charge < -0.3 is 14.8 Å². The second-order valence-electron chi connectivity index (χ2n) is 6.25. The predicted molar refractivity (Wildman–Crippen MR) is 114 cm³/mol. The summed E-state index contributed by atoms with van der Waals surface area (Å²) in [5.74, 6) is 0.905. The maximum Gasteiger partial charge on any atom is 0.256 e. The molecule has 0 bridgehead atoms. The van der Waals surface area contributed by atoms with Gasteiger partial charge in [0.05, 0.1) is 41.9 Å². The summed E-state index contributed by atoms with van der Waals surface area (Å²) in [6.45, 7) is 2.66. The summed E-state index contributed by atoms with van der Waals surface area (Å²) in [5, 5.41) is 10.0. The third-order valence-corrected chi connectivity index (χ3v) is 5.46. The molecule has 0 saturated heterocycles. The molecule has 3 heterocycles. The van der Waals surface area contributed by atoms with Crippen molar-refractivity contribution in [3.63, 3.8) is 0 Å². The van der Waals surface area contributed by atoms with Crippen LogP contribution in [-0.4, -0.2) is 34.9 Å². The number of carbonyl (C=O) groups excluding carboxylic acids is 1. The molecule has 8 heteroatoms. The van der Waals surface area contributed by atoms with Gasteiger partial charge in [0.2, 0.25) is 0 Å². The van der Waals surface area contributed by atoms with Crippen LogP contribution >= 0.6 is 11.3 Å². The SMILES string of the molecule is CCn1ncc2c(C(=O)Nc3ccc(OC)c(OC)c3)cc(-c3cccs3)nc21. The van der Waals surface area contributed by atoms with Crippen LogP contribution in [0.5, 0.6) is 11.5 Å². The number of amides is 1. The first-order valence-electron chi connectivity index (χ1n) is 9.08. The fourth-order valence-electron chi connectivity index (χ4n) is 3.13. The van der Waals surface area contributed by atoms with Crippen molar-refractivity contribution in [1.82, 2.24) is 14.8 Å². The number of hydrogen-bond donors (Lipinski definition) is 1. The summed E-state index contributed by atoms with van der Waals surface area (Å²) in [7, 11) is 3.13. The van der Waals surface area contributed by atoms with Gasteiger partial charge >= 0.3 is 0 Å². The number of nitrogens with zero attached hydrogens (tertiary/aromatic N) is 3. The predicted octanol–water partition coefficient (Wildman–Crippen LogP) is 4.45. The highest BCUT2D eigenvalue weighted by molar-refractivity contribution is 7.13. The molecule has 0 radical (unpaired) electrons. The van der Waals surface area contributed by atoms with Gasteiger partial charge in [-0.15, -0.1) is 11.3 Å². The van der Waals surface area contributed by atoms with E-state index in [1.54, 1.807) is 54.6 Å². The maximum absolute atomic E-state index is 13.2. The van der Waals surface area contributed by atoms with E-state index in [0.717, 1.165) is 10.6 Å². The highest BCUT2D eigenvalue weighted by Crippen LogP contribution is 2.31. The summed E-state index contributed by atoms with van der Waals surface area (Å²) in [6.07, 6.45) is 1.69. The van der Waals surface area contributed by atoms with E-state index in [1.165, 1.54) is 0 Å². The van der Waals surface area contributed by atoms with Crippen molar-refractivity contribution < 1.29 is 14.3 Å². The number of hydrogen-bond acceptors (Lipinski definition) is 6. The zero-order valence-corrected chi connectivity index (χ0v) is 17.1. The van der Waals surface area contributed by atoms with Crippen molar-refractivity contribution in [2.45, 2.75) is 13.5 Å². The second-order valence-corrected chi connectivity index (χ2v) is 7.20. The molecule has 0 atom stereocenters. The third-order valence-electron chi connectivity index (χ3n) is 4.57. The Bertz CT molecular complexity index is 1170. The number of ether oxygens (including phenoxy) is 2. The van der Waals surface area contributed by atoms with Gasteiger partial charge in [-0.05, 0) is 36.6 Å². The Morgan fingerprint density at radius 3 is 2.69 bits per heavy atom. The molecule has 0 unspecified atom stereocenters. The monoisotopic (exact) mass is 408 g/mol. The van der Waals surface area contributed by atoms with Crippen LogP contribution in [0.2, 0.25) is 0 Å². The number of methoxy groups -OCH3 is 2. The molecular formula is C21H20N4O3S. The molecule has 3 aromatic heterocycles. The van der Waals surface area contributed by atoms with E-state index in [4.69, 9.17) is 14.5 Å². The number of rotatable bonds is 6. The second kappa shape index (κ2) is 7.92. The lowest BCUT2D eigenvalue weighted by Gasteiger charge is -2.11. The van der Waals surface area contributed by atoms with Gasteiger partial charge in [0.1, 0.15) is 0 Å². The molecule has 1 aromatic carbocycles. The van der Waals surface area contributed by atoms with Gasteiger partial charge in [0.15, 0.2) is 17.1 Å². The van der Waals surface area contributed by atoms with Crippen LogP contribution in [0.1, 0.15) is 17.3 Å². The molecular weight excluding hydrogens is 388 g/mol. The Morgan fingerprint density at radius 1 is 1.17 bits per heavy atom. The number of aromatic nitrogens is 3. The van der Waals surface area contributed by atoms with Crippen molar-refractivity contribution >= 4 is 34.0 Å². The third kappa shape index (κ3) is 3.54. The summed E-state index contributed by atoms with van der Waals surface area (Å²) >= 11 is 1.58. The fraction of sp³-hybridized carbons (Fsp3) is 0.190. The largest absolute Gasteiger partial charge is 0.493 e. The highest BCUT2D eigenvalue weighted by Gasteiger charge is 2.18. The molecule has 0 fully saturated rings. The zero-order chi connectivity index (χ0) is 20.4. The smallest absolute Gasteiger partial charge is 0.256 e. The Balaban J connectivity index is 1.76. The van der Waals surface area contributed by atoms with Gasteiger partial charge in [-0.3, -0.25) is 4.79 Å². The number of anilines is 1. The lowest BCUT2D eigenvalue weighted by molar-refractivity contribution is 0.102. The number of fused-ring (bicyclic) bond motifs is 1. The molecule has 4 aromatic rings. The first-order chi connectivity index (χ1) is 14.1.